The first-order valence-electron chi connectivity index (χ1n) is 7.50. The monoisotopic (exact) mass is 345 g/mol. The van der Waals surface area contributed by atoms with Gasteiger partial charge in [-0.25, -0.2) is 0 Å². The maximum Gasteiger partial charge on any atom is 0.243 e. The number of amides is 2. The molecule has 2 amide bonds. The van der Waals surface area contributed by atoms with Crippen molar-refractivity contribution in [3.8, 4) is 5.75 Å². The smallest absolute Gasteiger partial charge is 0.243 e. The SMILES string of the molecule is O=C(CNC(=O)[C@@H]1COc2ccc(Cl)cc2C1)Nc1cccnc1. The number of fused-ring (bicyclic) bond motifs is 1. The number of carbonyl (C=O) groups is 2. The van der Waals surface area contributed by atoms with Crippen LogP contribution in [0.2, 0.25) is 5.02 Å². The maximum absolute atomic E-state index is 12.2. The number of anilines is 1. The van der Waals surface area contributed by atoms with E-state index in [9.17, 15) is 9.59 Å². The first kappa shape index (κ1) is 16.3. The molecule has 0 unspecified atom stereocenters. The van der Waals surface area contributed by atoms with E-state index in [1.165, 1.54) is 6.20 Å². The van der Waals surface area contributed by atoms with Gasteiger partial charge in [-0.2, -0.15) is 0 Å². The molecule has 0 spiro atoms. The van der Waals surface area contributed by atoms with E-state index in [4.69, 9.17) is 16.3 Å². The van der Waals surface area contributed by atoms with E-state index in [0.717, 1.165) is 11.3 Å². The van der Waals surface area contributed by atoms with E-state index in [1.807, 2.05) is 0 Å². The van der Waals surface area contributed by atoms with Gasteiger partial charge >= 0.3 is 0 Å². The molecular weight excluding hydrogens is 330 g/mol. The lowest BCUT2D eigenvalue weighted by molar-refractivity contribution is -0.128. The molecule has 6 nitrogen and oxygen atoms in total. The summed E-state index contributed by atoms with van der Waals surface area (Å²) in [5, 5.41) is 5.90. The molecule has 124 valence electrons. The molecule has 1 atom stereocenters. The van der Waals surface area contributed by atoms with Crippen molar-refractivity contribution >= 4 is 29.1 Å². The molecule has 1 aliphatic heterocycles. The van der Waals surface area contributed by atoms with Gasteiger partial charge < -0.3 is 15.4 Å². The third-order valence-corrected chi connectivity index (χ3v) is 3.90. The van der Waals surface area contributed by atoms with Crippen LogP contribution in [0.4, 0.5) is 5.69 Å². The molecule has 2 aromatic rings. The third kappa shape index (κ3) is 4.02. The predicted octanol–water partition coefficient (Wildman–Crippen LogP) is 2.04. The van der Waals surface area contributed by atoms with E-state index in [1.54, 1.807) is 36.5 Å². The van der Waals surface area contributed by atoms with E-state index in [2.05, 4.69) is 15.6 Å². The summed E-state index contributed by atoms with van der Waals surface area (Å²) in [6, 6.07) is 8.79. The topological polar surface area (TPSA) is 80.3 Å². The number of pyridine rings is 1. The lowest BCUT2D eigenvalue weighted by atomic mass is 9.96. The highest BCUT2D eigenvalue weighted by Crippen LogP contribution is 2.29. The average Bonchev–Trinajstić information content (AvgIpc) is 2.60. The van der Waals surface area contributed by atoms with Crippen molar-refractivity contribution in [3.05, 3.63) is 53.3 Å². The van der Waals surface area contributed by atoms with Gasteiger partial charge in [-0.3, -0.25) is 14.6 Å². The molecule has 0 radical (unpaired) electrons. The van der Waals surface area contributed by atoms with Gasteiger partial charge in [0.1, 0.15) is 12.4 Å². The van der Waals surface area contributed by atoms with Crippen LogP contribution in [0.25, 0.3) is 0 Å². The van der Waals surface area contributed by atoms with Gasteiger partial charge in [0.05, 0.1) is 24.3 Å². The van der Waals surface area contributed by atoms with Crippen LogP contribution in [0.1, 0.15) is 5.56 Å². The Balaban J connectivity index is 1.51. The molecule has 1 aromatic carbocycles. The van der Waals surface area contributed by atoms with Gasteiger partial charge in [0.2, 0.25) is 11.8 Å². The summed E-state index contributed by atoms with van der Waals surface area (Å²) >= 11 is 5.97. The zero-order valence-corrected chi connectivity index (χ0v) is 13.5. The number of nitrogens with one attached hydrogen (secondary N) is 2. The molecule has 0 fully saturated rings. The van der Waals surface area contributed by atoms with Crippen molar-refractivity contribution < 1.29 is 14.3 Å². The summed E-state index contributed by atoms with van der Waals surface area (Å²) in [5.74, 6) is -0.126. The largest absolute Gasteiger partial charge is 0.492 e. The minimum atomic E-state index is -0.345. The molecule has 7 heteroatoms. The number of aromatic nitrogens is 1. The third-order valence-electron chi connectivity index (χ3n) is 3.67. The highest BCUT2D eigenvalue weighted by molar-refractivity contribution is 6.30. The predicted molar refractivity (Wildman–Crippen MR) is 90.0 cm³/mol. The van der Waals surface area contributed by atoms with Gasteiger partial charge in [0, 0.05) is 11.2 Å². The summed E-state index contributed by atoms with van der Waals surface area (Å²) in [5.41, 5.74) is 1.48. The second-order valence-corrected chi connectivity index (χ2v) is 5.91. The zero-order chi connectivity index (χ0) is 16.9. The second kappa shape index (κ2) is 7.31. The van der Waals surface area contributed by atoms with Crippen LogP contribution in [0.15, 0.2) is 42.7 Å². The van der Waals surface area contributed by atoms with E-state index >= 15 is 0 Å². The van der Waals surface area contributed by atoms with Gasteiger partial charge in [0.25, 0.3) is 0 Å². The summed E-state index contributed by atoms with van der Waals surface area (Å²) in [6.07, 6.45) is 3.69. The molecule has 0 bridgehead atoms. The number of hydrogen-bond donors (Lipinski definition) is 2. The van der Waals surface area contributed by atoms with Crippen LogP contribution >= 0.6 is 11.6 Å². The van der Waals surface area contributed by atoms with Crippen molar-refractivity contribution in [1.82, 2.24) is 10.3 Å². The standard InChI is InChI=1S/C17H16ClN3O3/c18-13-3-4-15-11(7-13)6-12(10-24-15)17(23)20-9-16(22)21-14-2-1-5-19-8-14/h1-5,7-8,12H,6,9-10H2,(H,20,23)(H,21,22)/t12-/m0/s1. The molecule has 0 saturated carbocycles. The fraction of sp³-hybridized carbons (Fsp3) is 0.235. The van der Waals surface area contributed by atoms with Crippen molar-refractivity contribution in [2.24, 2.45) is 5.92 Å². The molecular formula is C17H16ClN3O3. The van der Waals surface area contributed by atoms with Crippen molar-refractivity contribution in [2.75, 3.05) is 18.5 Å². The Morgan fingerprint density at radius 2 is 2.21 bits per heavy atom. The highest BCUT2D eigenvalue weighted by Gasteiger charge is 2.26. The first-order valence-corrected chi connectivity index (χ1v) is 7.88. The number of halogens is 1. The number of nitrogens with zero attached hydrogens (tertiary/aromatic N) is 1. The van der Waals surface area contributed by atoms with E-state index in [0.29, 0.717) is 17.1 Å². The Morgan fingerprint density at radius 3 is 3.00 bits per heavy atom. The highest BCUT2D eigenvalue weighted by atomic mass is 35.5. The maximum atomic E-state index is 12.2. The Hall–Kier alpha value is -2.60. The van der Waals surface area contributed by atoms with Crippen molar-refractivity contribution in [2.45, 2.75) is 6.42 Å². The summed E-state index contributed by atoms with van der Waals surface area (Å²) in [7, 11) is 0. The van der Waals surface area contributed by atoms with Crippen LogP contribution in [-0.4, -0.2) is 29.9 Å². The quantitative estimate of drug-likeness (QED) is 0.888. The number of carbonyl (C=O) groups excluding carboxylic acids is 2. The molecule has 1 aromatic heterocycles. The molecule has 2 heterocycles. The normalized spacial score (nSPS) is 15.8. The number of ether oxygens (including phenoxy) is 1. The van der Waals surface area contributed by atoms with Crippen LogP contribution in [0, 0.1) is 5.92 Å². The summed E-state index contributed by atoms with van der Waals surface area (Å²) in [4.78, 5) is 28.0. The van der Waals surface area contributed by atoms with Crippen LogP contribution < -0.4 is 15.4 Å². The lowest BCUT2D eigenvalue weighted by Crippen LogP contribution is -2.40. The molecule has 2 N–H and O–H groups in total. The Labute approximate surface area is 144 Å². The lowest BCUT2D eigenvalue weighted by Gasteiger charge is -2.24. The molecule has 1 aliphatic rings. The molecule has 24 heavy (non-hydrogen) atoms. The van der Waals surface area contributed by atoms with Gasteiger partial charge in [-0.05, 0) is 42.3 Å². The summed E-state index contributed by atoms with van der Waals surface area (Å²) in [6.45, 7) is 0.178. The van der Waals surface area contributed by atoms with E-state index in [-0.39, 0.29) is 30.9 Å². The number of benzene rings is 1. The molecule has 3 rings (SSSR count). The average molecular weight is 346 g/mol. The number of hydrogen-bond acceptors (Lipinski definition) is 4. The van der Waals surface area contributed by atoms with Crippen LogP contribution in [0.3, 0.4) is 0 Å². The molecule has 0 aliphatic carbocycles. The zero-order valence-electron chi connectivity index (χ0n) is 12.8. The van der Waals surface area contributed by atoms with Crippen LogP contribution in [0.5, 0.6) is 5.75 Å². The van der Waals surface area contributed by atoms with Crippen molar-refractivity contribution in [1.29, 1.82) is 0 Å². The fourth-order valence-electron chi connectivity index (χ4n) is 2.49. The first-order chi connectivity index (χ1) is 11.6. The Bertz CT molecular complexity index is 752. The minimum absolute atomic E-state index is 0.105. The second-order valence-electron chi connectivity index (χ2n) is 5.47. The van der Waals surface area contributed by atoms with Crippen molar-refractivity contribution in [3.63, 3.8) is 0 Å². The van der Waals surface area contributed by atoms with Gasteiger partial charge in [-0.15, -0.1) is 0 Å². The number of rotatable bonds is 4. The molecule has 0 saturated heterocycles. The Morgan fingerprint density at radius 1 is 1.33 bits per heavy atom. The van der Waals surface area contributed by atoms with Crippen LogP contribution in [-0.2, 0) is 16.0 Å². The fourth-order valence-corrected chi connectivity index (χ4v) is 2.68. The van der Waals surface area contributed by atoms with E-state index < -0.39 is 0 Å². The van der Waals surface area contributed by atoms with Gasteiger partial charge in [0.15, 0.2) is 0 Å². The summed E-state index contributed by atoms with van der Waals surface area (Å²) < 4.78 is 5.59. The Kier molecular flexibility index (Phi) is 4.96. The van der Waals surface area contributed by atoms with Gasteiger partial charge in [-0.1, -0.05) is 11.6 Å². The minimum Gasteiger partial charge on any atom is -0.492 e.